The quantitative estimate of drug-likeness (QED) is 0.932. The molecule has 1 saturated carbocycles. The van der Waals surface area contributed by atoms with Crippen LogP contribution < -0.4 is 0 Å². The van der Waals surface area contributed by atoms with Gasteiger partial charge in [-0.1, -0.05) is 18.1 Å². The lowest BCUT2D eigenvalue weighted by Crippen LogP contribution is -2.39. The standard InChI is InChI=1S/C17H22N4O3/c22-16(14-4-3-11-24-14)20-9-5-13(6-10-20)21-12-15(18-19-21)17(23)7-1-2-8-17/h3-4,11-13,23H,1-2,5-10H2. The number of rotatable bonds is 3. The fraction of sp³-hybridized carbons (Fsp3) is 0.588. The van der Waals surface area contributed by atoms with E-state index in [0.29, 0.717) is 24.5 Å². The fourth-order valence-corrected chi connectivity index (χ4v) is 3.77. The SMILES string of the molecule is O=C(c1ccco1)N1CCC(n2cc(C3(O)CCCC3)nn2)CC1. The van der Waals surface area contributed by atoms with Gasteiger partial charge in [-0.05, 0) is 37.8 Å². The molecule has 2 aliphatic rings. The third kappa shape index (κ3) is 2.73. The van der Waals surface area contributed by atoms with E-state index in [2.05, 4.69) is 10.3 Å². The Hall–Kier alpha value is -2.15. The molecule has 7 nitrogen and oxygen atoms in total. The summed E-state index contributed by atoms with van der Waals surface area (Å²) in [5.41, 5.74) is -0.108. The number of hydrogen-bond donors (Lipinski definition) is 1. The Balaban J connectivity index is 1.39. The van der Waals surface area contributed by atoms with E-state index in [0.717, 1.165) is 38.5 Å². The van der Waals surface area contributed by atoms with E-state index in [-0.39, 0.29) is 11.9 Å². The molecular weight excluding hydrogens is 308 g/mol. The third-order valence-electron chi connectivity index (χ3n) is 5.28. The molecule has 0 radical (unpaired) electrons. The van der Waals surface area contributed by atoms with Gasteiger partial charge in [0.2, 0.25) is 0 Å². The molecule has 128 valence electrons. The van der Waals surface area contributed by atoms with Gasteiger partial charge in [-0.2, -0.15) is 0 Å². The van der Waals surface area contributed by atoms with E-state index in [9.17, 15) is 9.90 Å². The maximum absolute atomic E-state index is 12.3. The summed E-state index contributed by atoms with van der Waals surface area (Å²) >= 11 is 0. The molecule has 24 heavy (non-hydrogen) atoms. The van der Waals surface area contributed by atoms with Crippen LogP contribution in [-0.4, -0.2) is 44.0 Å². The zero-order chi connectivity index (χ0) is 16.6. The largest absolute Gasteiger partial charge is 0.459 e. The number of hydrogen-bond acceptors (Lipinski definition) is 5. The summed E-state index contributed by atoms with van der Waals surface area (Å²) in [7, 11) is 0. The fourth-order valence-electron chi connectivity index (χ4n) is 3.77. The molecule has 7 heteroatoms. The molecule has 0 atom stereocenters. The zero-order valence-electron chi connectivity index (χ0n) is 13.6. The first kappa shape index (κ1) is 15.4. The predicted molar refractivity (Wildman–Crippen MR) is 85.3 cm³/mol. The van der Waals surface area contributed by atoms with Crippen LogP contribution in [0, 0.1) is 0 Å². The van der Waals surface area contributed by atoms with Crippen molar-refractivity contribution in [3.8, 4) is 0 Å². The summed E-state index contributed by atoms with van der Waals surface area (Å²) in [5, 5.41) is 19.1. The van der Waals surface area contributed by atoms with Crippen molar-refractivity contribution < 1.29 is 14.3 Å². The van der Waals surface area contributed by atoms with Crippen molar-refractivity contribution in [2.75, 3.05) is 13.1 Å². The van der Waals surface area contributed by atoms with Gasteiger partial charge in [0.25, 0.3) is 5.91 Å². The van der Waals surface area contributed by atoms with Crippen LogP contribution in [0.1, 0.15) is 60.8 Å². The number of piperidine rings is 1. The molecule has 4 rings (SSSR count). The van der Waals surface area contributed by atoms with Crippen LogP contribution in [0.15, 0.2) is 29.0 Å². The second kappa shape index (κ2) is 6.05. The number of amides is 1. The minimum atomic E-state index is -0.797. The Morgan fingerprint density at radius 1 is 1.29 bits per heavy atom. The van der Waals surface area contributed by atoms with Crippen LogP contribution in [0.2, 0.25) is 0 Å². The molecule has 0 aromatic carbocycles. The number of carbonyl (C=O) groups is 1. The third-order valence-corrected chi connectivity index (χ3v) is 5.28. The van der Waals surface area contributed by atoms with Crippen molar-refractivity contribution in [1.82, 2.24) is 19.9 Å². The molecule has 1 amide bonds. The highest BCUT2D eigenvalue weighted by Gasteiger charge is 2.36. The number of aliphatic hydroxyl groups is 1. The molecule has 2 aromatic rings. The molecule has 0 bridgehead atoms. The van der Waals surface area contributed by atoms with E-state index in [1.807, 2.05) is 15.8 Å². The minimum Gasteiger partial charge on any atom is -0.459 e. The maximum Gasteiger partial charge on any atom is 0.289 e. The molecule has 2 aromatic heterocycles. The average Bonchev–Trinajstić information content (AvgIpc) is 3.35. The second-order valence-corrected chi connectivity index (χ2v) is 6.82. The summed E-state index contributed by atoms with van der Waals surface area (Å²) < 4.78 is 7.05. The van der Waals surface area contributed by atoms with Crippen LogP contribution in [-0.2, 0) is 5.60 Å². The molecule has 1 N–H and O–H groups in total. The van der Waals surface area contributed by atoms with Gasteiger partial charge in [-0.3, -0.25) is 4.79 Å². The maximum atomic E-state index is 12.3. The van der Waals surface area contributed by atoms with E-state index < -0.39 is 5.60 Å². The van der Waals surface area contributed by atoms with Crippen molar-refractivity contribution in [3.63, 3.8) is 0 Å². The van der Waals surface area contributed by atoms with Gasteiger partial charge in [0, 0.05) is 13.1 Å². The first-order valence-electron chi connectivity index (χ1n) is 8.63. The Labute approximate surface area is 140 Å². The Morgan fingerprint density at radius 3 is 2.71 bits per heavy atom. The van der Waals surface area contributed by atoms with E-state index in [1.165, 1.54) is 6.26 Å². The summed E-state index contributed by atoms with van der Waals surface area (Å²) in [5.74, 6) is 0.331. The lowest BCUT2D eigenvalue weighted by molar-refractivity contribution is 0.0398. The van der Waals surface area contributed by atoms with Crippen molar-refractivity contribution >= 4 is 5.91 Å². The lowest BCUT2D eigenvalue weighted by Gasteiger charge is -2.31. The molecule has 1 aliphatic carbocycles. The topological polar surface area (TPSA) is 84.4 Å². The van der Waals surface area contributed by atoms with Gasteiger partial charge in [-0.15, -0.1) is 5.10 Å². The molecular formula is C17H22N4O3. The normalized spacial score (nSPS) is 21.3. The highest BCUT2D eigenvalue weighted by Crippen LogP contribution is 2.37. The van der Waals surface area contributed by atoms with Gasteiger partial charge in [0.15, 0.2) is 5.76 Å². The Morgan fingerprint density at radius 2 is 2.04 bits per heavy atom. The van der Waals surface area contributed by atoms with Crippen LogP contribution in [0.25, 0.3) is 0 Å². The van der Waals surface area contributed by atoms with Gasteiger partial charge in [0.05, 0.1) is 18.5 Å². The smallest absolute Gasteiger partial charge is 0.289 e. The molecule has 1 aliphatic heterocycles. The summed E-state index contributed by atoms with van der Waals surface area (Å²) in [6.45, 7) is 1.34. The summed E-state index contributed by atoms with van der Waals surface area (Å²) in [6, 6.07) is 3.64. The predicted octanol–water partition coefficient (Wildman–Crippen LogP) is 2.11. The van der Waals surface area contributed by atoms with Crippen molar-refractivity contribution in [2.24, 2.45) is 0 Å². The molecule has 2 fully saturated rings. The molecule has 0 unspecified atom stereocenters. The van der Waals surface area contributed by atoms with Crippen LogP contribution in [0.3, 0.4) is 0 Å². The van der Waals surface area contributed by atoms with E-state index in [4.69, 9.17) is 4.42 Å². The number of carbonyl (C=O) groups excluding carboxylic acids is 1. The lowest BCUT2D eigenvalue weighted by atomic mass is 9.99. The highest BCUT2D eigenvalue weighted by atomic mass is 16.3. The van der Waals surface area contributed by atoms with Crippen LogP contribution >= 0.6 is 0 Å². The Kier molecular flexibility index (Phi) is 3.88. The van der Waals surface area contributed by atoms with E-state index in [1.54, 1.807) is 12.1 Å². The number of likely N-dealkylation sites (tertiary alicyclic amines) is 1. The van der Waals surface area contributed by atoms with Gasteiger partial charge in [0.1, 0.15) is 11.3 Å². The number of nitrogens with zero attached hydrogens (tertiary/aromatic N) is 4. The van der Waals surface area contributed by atoms with Gasteiger partial charge in [-0.25, -0.2) is 4.68 Å². The van der Waals surface area contributed by atoms with Gasteiger partial charge >= 0.3 is 0 Å². The summed E-state index contributed by atoms with van der Waals surface area (Å²) in [6.07, 6.45) is 8.67. The van der Waals surface area contributed by atoms with Crippen LogP contribution in [0.4, 0.5) is 0 Å². The van der Waals surface area contributed by atoms with Crippen molar-refractivity contribution in [2.45, 2.75) is 50.2 Å². The summed E-state index contributed by atoms with van der Waals surface area (Å²) in [4.78, 5) is 14.1. The van der Waals surface area contributed by atoms with Crippen molar-refractivity contribution in [1.29, 1.82) is 0 Å². The number of furan rings is 1. The Bertz CT molecular complexity index is 695. The molecule has 3 heterocycles. The zero-order valence-corrected chi connectivity index (χ0v) is 13.6. The second-order valence-electron chi connectivity index (χ2n) is 6.82. The minimum absolute atomic E-state index is 0.0574. The van der Waals surface area contributed by atoms with Crippen LogP contribution in [0.5, 0.6) is 0 Å². The van der Waals surface area contributed by atoms with E-state index >= 15 is 0 Å². The average molecular weight is 330 g/mol. The first-order chi connectivity index (χ1) is 11.7. The monoisotopic (exact) mass is 330 g/mol. The first-order valence-corrected chi connectivity index (χ1v) is 8.63. The molecule has 1 saturated heterocycles. The number of aromatic nitrogens is 3. The van der Waals surface area contributed by atoms with Gasteiger partial charge < -0.3 is 14.4 Å². The highest BCUT2D eigenvalue weighted by molar-refractivity contribution is 5.91. The van der Waals surface area contributed by atoms with Crippen molar-refractivity contribution in [3.05, 3.63) is 36.0 Å². The molecule has 0 spiro atoms.